The number of rotatable bonds is 5. The molecular weight excluding hydrogens is 438 g/mol. The highest BCUT2D eigenvalue weighted by Gasteiger charge is 2.36. The third-order valence-corrected chi connectivity index (χ3v) is 7.23. The Hall–Kier alpha value is -3.71. The van der Waals surface area contributed by atoms with E-state index in [1.54, 1.807) is 73.3 Å². The average Bonchev–Trinajstić information content (AvgIpc) is 2.79. The molecule has 168 valence electrons. The number of para-hydroxylation sites is 1. The number of ketones is 1. The minimum Gasteiger partial charge on any atom is -0.462 e. The van der Waals surface area contributed by atoms with Gasteiger partial charge in [0.25, 0.3) is 0 Å². The molecule has 33 heavy (non-hydrogen) atoms. The summed E-state index contributed by atoms with van der Waals surface area (Å²) in [6.45, 7) is 5.65. The second-order valence-electron chi connectivity index (χ2n) is 7.75. The van der Waals surface area contributed by atoms with Crippen molar-refractivity contribution >= 4 is 33.0 Å². The lowest BCUT2D eigenvalue weighted by Crippen LogP contribution is -2.26. The molecule has 0 aliphatic carbocycles. The first kappa shape index (κ1) is 22.5. The molecule has 3 aromatic carbocycles. The molecule has 0 atom stereocenters. The molecule has 4 rings (SSSR count). The molecule has 6 nitrogen and oxygen atoms in total. The van der Waals surface area contributed by atoms with Crippen LogP contribution in [0.1, 0.15) is 38.8 Å². The molecule has 1 heterocycles. The van der Waals surface area contributed by atoms with Crippen LogP contribution in [0, 0.1) is 13.8 Å². The van der Waals surface area contributed by atoms with Crippen molar-refractivity contribution in [3.05, 3.63) is 100 Å². The Morgan fingerprint density at radius 3 is 2.42 bits per heavy atom. The van der Waals surface area contributed by atoms with Crippen LogP contribution in [0.3, 0.4) is 0 Å². The number of esters is 1. The van der Waals surface area contributed by atoms with Crippen LogP contribution in [-0.4, -0.2) is 26.8 Å². The van der Waals surface area contributed by atoms with Gasteiger partial charge in [-0.1, -0.05) is 42.0 Å². The lowest BCUT2D eigenvalue weighted by atomic mass is 10.0. The third kappa shape index (κ3) is 4.07. The SMILES string of the molecule is CCOC(=O)c1cccc(N2C=C(C(=O)c3ccc(C)cc3C)S(=O)(=O)c3ccccc32)c1. The van der Waals surface area contributed by atoms with Crippen molar-refractivity contribution in [2.45, 2.75) is 25.7 Å². The first-order valence-electron chi connectivity index (χ1n) is 10.5. The smallest absolute Gasteiger partial charge is 0.338 e. The molecule has 0 amide bonds. The van der Waals surface area contributed by atoms with Gasteiger partial charge in [-0.2, -0.15) is 0 Å². The Morgan fingerprint density at radius 1 is 0.939 bits per heavy atom. The first-order valence-corrected chi connectivity index (χ1v) is 12.0. The van der Waals surface area contributed by atoms with E-state index >= 15 is 0 Å². The number of hydrogen-bond acceptors (Lipinski definition) is 6. The van der Waals surface area contributed by atoms with Gasteiger partial charge in [0, 0.05) is 17.5 Å². The Balaban J connectivity index is 1.89. The van der Waals surface area contributed by atoms with E-state index in [1.165, 1.54) is 12.3 Å². The molecule has 3 aromatic rings. The summed E-state index contributed by atoms with van der Waals surface area (Å²) in [5.74, 6) is -1.05. The van der Waals surface area contributed by atoms with Gasteiger partial charge in [0.2, 0.25) is 15.6 Å². The van der Waals surface area contributed by atoms with Crippen molar-refractivity contribution in [2.24, 2.45) is 0 Å². The Morgan fingerprint density at radius 2 is 1.70 bits per heavy atom. The number of nitrogens with zero attached hydrogens (tertiary/aromatic N) is 1. The molecule has 0 saturated heterocycles. The number of benzene rings is 3. The van der Waals surface area contributed by atoms with Crippen molar-refractivity contribution in [2.75, 3.05) is 11.5 Å². The number of carbonyl (C=O) groups excluding carboxylic acids is 2. The quantitative estimate of drug-likeness (QED) is 0.387. The number of carbonyl (C=O) groups is 2. The predicted molar refractivity (Wildman–Crippen MR) is 126 cm³/mol. The van der Waals surface area contributed by atoms with Crippen LogP contribution in [0.4, 0.5) is 11.4 Å². The Kier molecular flexibility index (Phi) is 5.91. The first-order chi connectivity index (χ1) is 15.7. The molecule has 0 spiro atoms. The summed E-state index contributed by atoms with van der Waals surface area (Å²) in [7, 11) is -4.05. The third-order valence-electron chi connectivity index (χ3n) is 5.44. The maximum absolute atomic E-state index is 13.4. The fourth-order valence-electron chi connectivity index (χ4n) is 3.85. The number of anilines is 2. The van der Waals surface area contributed by atoms with Crippen molar-refractivity contribution in [1.82, 2.24) is 0 Å². The Labute approximate surface area is 193 Å². The van der Waals surface area contributed by atoms with E-state index in [4.69, 9.17) is 4.74 Å². The summed E-state index contributed by atoms with van der Waals surface area (Å²) in [4.78, 5) is 27.0. The zero-order chi connectivity index (χ0) is 23.8. The second kappa shape index (κ2) is 8.67. The molecule has 0 aromatic heterocycles. The van der Waals surface area contributed by atoms with Gasteiger partial charge in [-0.05, 0) is 56.7 Å². The van der Waals surface area contributed by atoms with Crippen LogP contribution >= 0.6 is 0 Å². The van der Waals surface area contributed by atoms with E-state index < -0.39 is 21.6 Å². The number of fused-ring (bicyclic) bond motifs is 1. The summed E-state index contributed by atoms with van der Waals surface area (Å²) in [5, 5.41) is 0. The van der Waals surface area contributed by atoms with Gasteiger partial charge in [0.1, 0.15) is 4.91 Å². The van der Waals surface area contributed by atoms with Gasteiger partial charge in [0.05, 0.1) is 22.8 Å². The van der Waals surface area contributed by atoms with Crippen molar-refractivity contribution in [3.8, 4) is 0 Å². The summed E-state index contributed by atoms with van der Waals surface area (Å²) >= 11 is 0. The highest BCUT2D eigenvalue weighted by Crippen LogP contribution is 2.40. The highest BCUT2D eigenvalue weighted by atomic mass is 32.2. The molecule has 7 heteroatoms. The van der Waals surface area contributed by atoms with Crippen LogP contribution in [0.25, 0.3) is 0 Å². The van der Waals surface area contributed by atoms with Crippen LogP contribution in [-0.2, 0) is 14.6 Å². The lowest BCUT2D eigenvalue weighted by Gasteiger charge is -2.29. The lowest BCUT2D eigenvalue weighted by molar-refractivity contribution is 0.0526. The molecule has 0 bridgehead atoms. The molecule has 0 saturated carbocycles. The van der Waals surface area contributed by atoms with Gasteiger partial charge in [-0.3, -0.25) is 4.79 Å². The van der Waals surface area contributed by atoms with Crippen LogP contribution < -0.4 is 4.90 Å². The van der Waals surface area contributed by atoms with Crippen molar-refractivity contribution in [1.29, 1.82) is 0 Å². The standard InChI is InChI=1S/C26H23NO5S/c1-4-32-26(29)19-8-7-9-20(15-19)27-16-24(25(28)21-13-12-17(2)14-18(21)3)33(30,31)23-11-6-5-10-22(23)27/h5-16H,4H2,1-3H3. The van der Waals surface area contributed by atoms with E-state index in [0.717, 1.165) is 5.56 Å². The summed E-state index contributed by atoms with van der Waals surface area (Å²) in [6.07, 6.45) is 1.34. The van der Waals surface area contributed by atoms with Gasteiger partial charge in [-0.25, -0.2) is 13.2 Å². The largest absolute Gasteiger partial charge is 0.462 e. The average molecular weight is 462 g/mol. The van der Waals surface area contributed by atoms with Crippen LogP contribution in [0.2, 0.25) is 0 Å². The molecule has 0 radical (unpaired) electrons. The minimum absolute atomic E-state index is 0.0298. The maximum Gasteiger partial charge on any atom is 0.338 e. The molecular formula is C26H23NO5S. The summed E-state index contributed by atoms with van der Waals surface area (Å²) in [5.41, 5.74) is 3.27. The van der Waals surface area contributed by atoms with E-state index in [-0.39, 0.29) is 16.4 Å². The number of sulfone groups is 1. The van der Waals surface area contributed by atoms with Gasteiger partial charge in [0.15, 0.2) is 0 Å². The van der Waals surface area contributed by atoms with Gasteiger partial charge in [-0.15, -0.1) is 0 Å². The fraction of sp³-hybridized carbons (Fsp3) is 0.154. The topological polar surface area (TPSA) is 80.8 Å². The number of allylic oxidation sites excluding steroid dienone is 1. The number of Topliss-reactive ketones (excluding diaryl/α,β-unsaturated/α-hetero) is 1. The number of hydrogen-bond donors (Lipinski definition) is 0. The van der Waals surface area contributed by atoms with E-state index in [0.29, 0.717) is 28.1 Å². The fourth-order valence-corrected chi connectivity index (χ4v) is 5.39. The second-order valence-corrected chi connectivity index (χ2v) is 9.64. The normalized spacial score (nSPS) is 14.3. The summed E-state index contributed by atoms with van der Waals surface area (Å²) in [6, 6.07) is 18.4. The Bertz CT molecular complexity index is 1410. The van der Waals surface area contributed by atoms with E-state index in [2.05, 4.69) is 0 Å². The van der Waals surface area contributed by atoms with Crippen molar-refractivity contribution < 1.29 is 22.7 Å². The monoisotopic (exact) mass is 461 g/mol. The minimum atomic E-state index is -4.05. The van der Waals surface area contributed by atoms with Crippen LogP contribution in [0.5, 0.6) is 0 Å². The van der Waals surface area contributed by atoms with Gasteiger partial charge < -0.3 is 9.64 Å². The van der Waals surface area contributed by atoms with E-state index in [9.17, 15) is 18.0 Å². The van der Waals surface area contributed by atoms with Crippen molar-refractivity contribution in [3.63, 3.8) is 0 Å². The van der Waals surface area contributed by atoms with Crippen LogP contribution in [0.15, 0.2) is 82.7 Å². The molecule has 1 aliphatic rings. The highest BCUT2D eigenvalue weighted by molar-refractivity contribution is 7.96. The molecule has 0 N–H and O–H groups in total. The molecule has 0 unspecified atom stereocenters. The molecule has 0 fully saturated rings. The number of aryl methyl sites for hydroxylation is 2. The zero-order valence-electron chi connectivity index (χ0n) is 18.5. The number of ether oxygens (including phenoxy) is 1. The van der Waals surface area contributed by atoms with Gasteiger partial charge >= 0.3 is 5.97 Å². The zero-order valence-corrected chi connectivity index (χ0v) is 19.3. The predicted octanol–water partition coefficient (Wildman–Crippen LogP) is 5.13. The maximum atomic E-state index is 13.4. The van der Waals surface area contributed by atoms with E-state index in [1.807, 2.05) is 13.0 Å². The summed E-state index contributed by atoms with van der Waals surface area (Å²) < 4.78 is 32.0. The molecule has 1 aliphatic heterocycles.